The summed E-state index contributed by atoms with van der Waals surface area (Å²) in [5, 5.41) is 12.4. The second-order valence-electron chi connectivity index (χ2n) is 13.1. The summed E-state index contributed by atoms with van der Waals surface area (Å²) >= 11 is 6.72. The van der Waals surface area contributed by atoms with Crippen LogP contribution in [-0.4, -0.2) is 92.6 Å². The summed E-state index contributed by atoms with van der Waals surface area (Å²) < 4.78 is 34.6. The van der Waals surface area contributed by atoms with Gasteiger partial charge in [0, 0.05) is 63.0 Å². The van der Waals surface area contributed by atoms with Gasteiger partial charge in [-0.05, 0) is 36.6 Å². The summed E-state index contributed by atoms with van der Waals surface area (Å²) in [5.74, 6) is -0.606. The van der Waals surface area contributed by atoms with Gasteiger partial charge in [0.15, 0.2) is 0 Å². The number of fused-ring (bicyclic) bond motifs is 2. The molecular weight excluding hydrogens is 659 g/mol. The van der Waals surface area contributed by atoms with Crippen molar-refractivity contribution in [3.63, 3.8) is 0 Å². The lowest BCUT2D eigenvalue weighted by Gasteiger charge is -2.42. The topological polar surface area (TPSA) is 94.4 Å². The number of aromatic nitrogens is 1. The number of ether oxygens (including phenoxy) is 3. The first-order valence-electron chi connectivity index (χ1n) is 16.9. The highest BCUT2D eigenvalue weighted by Gasteiger charge is 2.38. The second kappa shape index (κ2) is 14.7. The lowest BCUT2D eigenvalue weighted by molar-refractivity contribution is 0.0301. The molecule has 2 fully saturated rings. The number of rotatable bonds is 8. The first-order chi connectivity index (χ1) is 24.3. The monoisotopic (exact) mass is 698 g/mol. The predicted molar refractivity (Wildman–Crippen MR) is 190 cm³/mol. The molecule has 3 aliphatic rings. The predicted octanol–water partition coefficient (Wildman–Crippen LogP) is 6.04. The third kappa shape index (κ3) is 6.75. The standard InChI is InChI=1S/C38H40ClFN6O4/c1-43-22-32(48-2)33(23-43)50-37-35(40)36(45-18-19-46(27(20-45)14-16-41)38(47)49-24-25-8-4-3-5-9-25)28-15-17-44(21-30(28)42-37)31-13-7-11-26-10-6-12-29(39)34(26)31/h3-13,27,32-33H,14-15,17-24H2,1-2H3/t27-,32+,33+/m0/s1. The molecule has 0 N–H and O–H groups in total. The molecule has 0 radical (unpaired) electrons. The second-order valence-corrected chi connectivity index (χ2v) is 13.5. The number of anilines is 2. The van der Waals surface area contributed by atoms with Gasteiger partial charge in [0.2, 0.25) is 5.82 Å². The zero-order valence-corrected chi connectivity index (χ0v) is 29.0. The maximum Gasteiger partial charge on any atom is 0.410 e. The van der Waals surface area contributed by atoms with Crippen LogP contribution in [0.2, 0.25) is 5.02 Å². The van der Waals surface area contributed by atoms with Crippen molar-refractivity contribution in [3.05, 3.63) is 94.4 Å². The van der Waals surface area contributed by atoms with Crippen molar-refractivity contribution in [2.75, 3.05) is 63.2 Å². The van der Waals surface area contributed by atoms with Crippen LogP contribution in [0.1, 0.15) is 23.2 Å². The number of likely N-dealkylation sites (tertiary alicyclic amines) is 1. The molecule has 1 amide bonds. The van der Waals surface area contributed by atoms with Gasteiger partial charge in [0.1, 0.15) is 18.8 Å². The number of likely N-dealkylation sites (N-methyl/N-ethyl adjacent to an activating group) is 1. The van der Waals surface area contributed by atoms with E-state index in [4.69, 9.17) is 30.8 Å². The van der Waals surface area contributed by atoms with E-state index in [1.54, 1.807) is 12.0 Å². The van der Waals surface area contributed by atoms with Gasteiger partial charge in [-0.2, -0.15) is 9.65 Å². The molecule has 2 saturated heterocycles. The van der Waals surface area contributed by atoms with Crippen molar-refractivity contribution in [2.24, 2.45) is 0 Å². The minimum absolute atomic E-state index is 0.0690. The van der Waals surface area contributed by atoms with E-state index >= 15 is 4.39 Å². The Morgan fingerprint density at radius 1 is 1.00 bits per heavy atom. The van der Waals surface area contributed by atoms with Crippen LogP contribution in [0, 0.1) is 17.1 Å². The van der Waals surface area contributed by atoms with Gasteiger partial charge in [0.25, 0.3) is 5.88 Å². The highest BCUT2D eigenvalue weighted by atomic mass is 35.5. The number of hydrogen-bond donors (Lipinski definition) is 0. The van der Waals surface area contributed by atoms with Gasteiger partial charge >= 0.3 is 6.09 Å². The molecule has 10 nitrogen and oxygen atoms in total. The maximum atomic E-state index is 16.9. The van der Waals surface area contributed by atoms with E-state index < -0.39 is 24.1 Å². The Kier molecular flexibility index (Phi) is 9.95. The number of methoxy groups -OCH3 is 1. The summed E-state index contributed by atoms with van der Waals surface area (Å²) in [5.41, 5.74) is 3.80. The first-order valence-corrected chi connectivity index (χ1v) is 17.3. The van der Waals surface area contributed by atoms with Crippen molar-refractivity contribution in [1.82, 2.24) is 14.8 Å². The fourth-order valence-corrected chi connectivity index (χ4v) is 7.73. The zero-order chi connectivity index (χ0) is 34.8. The van der Waals surface area contributed by atoms with E-state index in [1.165, 1.54) is 0 Å². The van der Waals surface area contributed by atoms with Crippen molar-refractivity contribution in [3.8, 4) is 11.9 Å². The number of pyridine rings is 1. The normalized spacial score (nSPS) is 20.9. The molecule has 0 saturated carbocycles. The third-order valence-electron chi connectivity index (χ3n) is 9.94. The Morgan fingerprint density at radius 2 is 1.78 bits per heavy atom. The van der Waals surface area contributed by atoms with Crippen LogP contribution in [0.25, 0.3) is 10.8 Å². The van der Waals surface area contributed by atoms with Gasteiger partial charge in [0.05, 0.1) is 41.5 Å². The van der Waals surface area contributed by atoms with Gasteiger partial charge < -0.3 is 28.9 Å². The number of halogens is 2. The average Bonchev–Trinajstić information content (AvgIpc) is 3.49. The molecule has 0 bridgehead atoms. The summed E-state index contributed by atoms with van der Waals surface area (Å²) in [7, 11) is 3.61. The van der Waals surface area contributed by atoms with Crippen LogP contribution in [0.4, 0.5) is 20.6 Å². The van der Waals surface area contributed by atoms with Crippen LogP contribution in [0.15, 0.2) is 66.7 Å². The van der Waals surface area contributed by atoms with Gasteiger partial charge in [-0.25, -0.2) is 9.78 Å². The smallest absolute Gasteiger partial charge is 0.410 e. The molecule has 50 heavy (non-hydrogen) atoms. The van der Waals surface area contributed by atoms with Crippen molar-refractivity contribution in [1.29, 1.82) is 5.26 Å². The van der Waals surface area contributed by atoms with Crippen molar-refractivity contribution >= 4 is 39.8 Å². The van der Waals surface area contributed by atoms with Crippen LogP contribution in [0.3, 0.4) is 0 Å². The fourth-order valence-electron chi connectivity index (χ4n) is 7.45. The van der Waals surface area contributed by atoms with E-state index in [0.29, 0.717) is 55.5 Å². The summed E-state index contributed by atoms with van der Waals surface area (Å²) in [6, 6.07) is 23.2. The number of nitriles is 1. The van der Waals surface area contributed by atoms with Crippen LogP contribution in [0.5, 0.6) is 5.88 Å². The van der Waals surface area contributed by atoms with Gasteiger partial charge in [-0.15, -0.1) is 0 Å². The van der Waals surface area contributed by atoms with Crippen LogP contribution < -0.4 is 14.5 Å². The van der Waals surface area contributed by atoms with Crippen molar-refractivity contribution in [2.45, 2.75) is 44.2 Å². The molecule has 4 heterocycles. The first kappa shape index (κ1) is 33.8. The van der Waals surface area contributed by atoms with E-state index in [9.17, 15) is 10.1 Å². The number of carbonyl (C=O) groups is 1. The molecule has 3 aromatic carbocycles. The number of benzene rings is 3. The molecule has 7 rings (SSSR count). The molecule has 0 unspecified atom stereocenters. The minimum Gasteiger partial charge on any atom is -0.468 e. The molecule has 1 aromatic heterocycles. The Bertz CT molecular complexity index is 1900. The van der Waals surface area contributed by atoms with E-state index in [0.717, 1.165) is 27.6 Å². The molecule has 12 heteroatoms. The summed E-state index contributed by atoms with van der Waals surface area (Å²) in [4.78, 5) is 26.0. The molecule has 3 atom stereocenters. The number of amides is 1. The van der Waals surface area contributed by atoms with Crippen LogP contribution >= 0.6 is 11.6 Å². The molecule has 0 aliphatic carbocycles. The largest absolute Gasteiger partial charge is 0.468 e. The fraction of sp³-hybridized carbons (Fsp3) is 0.395. The highest BCUT2D eigenvalue weighted by molar-refractivity contribution is 6.36. The Labute approximate surface area is 296 Å². The molecule has 260 valence electrons. The SMILES string of the molecule is CO[C@@H]1CN(C)C[C@H]1Oc1nc2c(c(N3CCN(C(=O)OCc4ccccc4)[C@@H](CC#N)C3)c1F)CCN(c1cccc3cccc(Cl)c13)C2. The molecule has 4 aromatic rings. The number of hydrogen-bond acceptors (Lipinski definition) is 9. The van der Waals surface area contributed by atoms with E-state index in [1.807, 2.05) is 72.6 Å². The summed E-state index contributed by atoms with van der Waals surface area (Å²) in [6.45, 7) is 3.29. The molecule has 3 aliphatic heterocycles. The number of piperazine rings is 1. The molecule has 0 spiro atoms. The Hall–Kier alpha value is -4.63. The quantitative estimate of drug-likeness (QED) is 0.218. The van der Waals surface area contributed by atoms with E-state index in [2.05, 4.69) is 21.9 Å². The Morgan fingerprint density at radius 3 is 2.56 bits per heavy atom. The van der Waals surface area contributed by atoms with Gasteiger partial charge in [-0.1, -0.05) is 66.2 Å². The zero-order valence-electron chi connectivity index (χ0n) is 28.2. The van der Waals surface area contributed by atoms with Gasteiger partial charge in [-0.3, -0.25) is 4.90 Å². The van der Waals surface area contributed by atoms with E-state index in [-0.39, 0.29) is 38.1 Å². The van der Waals surface area contributed by atoms with Crippen molar-refractivity contribution < 1.29 is 23.4 Å². The van der Waals surface area contributed by atoms with Crippen LogP contribution in [-0.2, 0) is 29.0 Å². The summed E-state index contributed by atoms with van der Waals surface area (Å²) in [6.07, 6.45) is -0.521. The number of nitrogens with zero attached hydrogens (tertiary/aromatic N) is 6. The minimum atomic E-state index is -0.536. The lowest BCUT2D eigenvalue weighted by Crippen LogP contribution is -2.55. The number of carbonyl (C=O) groups excluding carboxylic acids is 1. The maximum absolute atomic E-state index is 16.9. The average molecular weight is 699 g/mol. The molecular formula is C38H40ClFN6O4. The Balaban J connectivity index is 1.21. The lowest BCUT2D eigenvalue weighted by atomic mass is 9.98. The third-order valence-corrected chi connectivity index (χ3v) is 10.3. The highest BCUT2D eigenvalue weighted by Crippen LogP contribution is 2.40.